The standard InChI is InChI=1S/C24H20N2O/c1-2-10-21(11-3-1)26-18-27-23-15-13-22(14-16-23)25-17-20-9-6-8-19-7-4-5-12-24(19)20/h1-17,26H,18H2. The number of nitrogens with one attached hydrogen (secondary N) is 1. The average molecular weight is 352 g/mol. The van der Waals surface area contributed by atoms with Crippen molar-refractivity contribution in [3.05, 3.63) is 103 Å². The van der Waals surface area contributed by atoms with E-state index in [1.54, 1.807) is 0 Å². The minimum absolute atomic E-state index is 0.419. The van der Waals surface area contributed by atoms with E-state index in [1.165, 1.54) is 10.8 Å². The second-order valence-electron chi connectivity index (χ2n) is 6.15. The molecule has 0 radical (unpaired) electrons. The van der Waals surface area contributed by atoms with Crippen molar-refractivity contribution >= 4 is 28.4 Å². The number of hydrogen-bond donors (Lipinski definition) is 1. The molecule has 3 nitrogen and oxygen atoms in total. The first kappa shape index (κ1) is 16.9. The highest BCUT2D eigenvalue weighted by atomic mass is 16.5. The number of para-hydroxylation sites is 1. The van der Waals surface area contributed by atoms with Gasteiger partial charge in [-0.3, -0.25) is 4.99 Å². The van der Waals surface area contributed by atoms with E-state index >= 15 is 0 Å². The summed E-state index contributed by atoms with van der Waals surface area (Å²) >= 11 is 0. The molecule has 0 bridgehead atoms. The van der Waals surface area contributed by atoms with Crippen LogP contribution in [0.1, 0.15) is 5.56 Å². The Kier molecular flexibility index (Phi) is 5.11. The van der Waals surface area contributed by atoms with Crippen molar-refractivity contribution in [1.82, 2.24) is 0 Å². The summed E-state index contributed by atoms with van der Waals surface area (Å²) in [4.78, 5) is 4.60. The second kappa shape index (κ2) is 8.19. The minimum Gasteiger partial charge on any atom is -0.473 e. The van der Waals surface area contributed by atoms with Gasteiger partial charge >= 0.3 is 0 Å². The molecular formula is C24H20N2O. The Morgan fingerprint density at radius 3 is 2.33 bits per heavy atom. The largest absolute Gasteiger partial charge is 0.473 e. The van der Waals surface area contributed by atoms with Crippen molar-refractivity contribution in [3.8, 4) is 5.75 Å². The van der Waals surface area contributed by atoms with Crippen LogP contribution < -0.4 is 10.1 Å². The number of anilines is 1. The van der Waals surface area contributed by atoms with Gasteiger partial charge in [-0.1, -0.05) is 60.7 Å². The molecule has 0 spiro atoms. The van der Waals surface area contributed by atoms with E-state index in [1.807, 2.05) is 60.8 Å². The lowest BCUT2D eigenvalue weighted by Gasteiger charge is -2.08. The lowest BCUT2D eigenvalue weighted by atomic mass is 10.1. The van der Waals surface area contributed by atoms with Gasteiger partial charge in [-0.05, 0) is 47.2 Å². The molecular weight excluding hydrogens is 332 g/mol. The predicted molar refractivity (Wildman–Crippen MR) is 113 cm³/mol. The smallest absolute Gasteiger partial charge is 0.159 e. The van der Waals surface area contributed by atoms with Gasteiger partial charge in [0.1, 0.15) is 5.75 Å². The van der Waals surface area contributed by atoms with Crippen molar-refractivity contribution in [2.24, 2.45) is 4.99 Å². The fourth-order valence-electron chi connectivity index (χ4n) is 2.89. The molecule has 0 saturated carbocycles. The van der Waals surface area contributed by atoms with Crippen molar-refractivity contribution in [2.45, 2.75) is 0 Å². The summed E-state index contributed by atoms with van der Waals surface area (Å²) in [6.45, 7) is 0.419. The summed E-state index contributed by atoms with van der Waals surface area (Å²) in [5, 5.41) is 5.64. The van der Waals surface area contributed by atoms with E-state index < -0.39 is 0 Å². The third kappa shape index (κ3) is 4.33. The van der Waals surface area contributed by atoms with E-state index in [-0.39, 0.29) is 0 Å². The molecule has 4 aromatic carbocycles. The van der Waals surface area contributed by atoms with Crippen LogP contribution in [0.3, 0.4) is 0 Å². The predicted octanol–water partition coefficient (Wildman–Crippen LogP) is 6.04. The van der Waals surface area contributed by atoms with Gasteiger partial charge < -0.3 is 10.1 Å². The van der Waals surface area contributed by atoms with Gasteiger partial charge in [0.15, 0.2) is 6.73 Å². The molecule has 4 aromatic rings. The summed E-state index contributed by atoms with van der Waals surface area (Å²) in [5.74, 6) is 0.808. The molecule has 0 aliphatic carbocycles. The molecule has 4 rings (SSSR count). The maximum absolute atomic E-state index is 5.72. The Balaban J connectivity index is 1.39. The van der Waals surface area contributed by atoms with Crippen LogP contribution in [0.2, 0.25) is 0 Å². The Hall–Kier alpha value is -3.59. The highest BCUT2D eigenvalue weighted by Crippen LogP contribution is 2.20. The van der Waals surface area contributed by atoms with Crippen molar-refractivity contribution in [3.63, 3.8) is 0 Å². The molecule has 3 heteroatoms. The molecule has 0 atom stereocenters. The minimum atomic E-state index is 0.419. The monoisotopic (exact) mass is 352 g/mol. The zero-order valence-electron chi connectivity index (χ0n) is 14.9. The summed E-state index contributed by atoms with van der Waals surface area (Å²) in [6.07, 6.45) is 1.91. The van der Waals surface area contributed by atoms with Crippen LogP contribution in [0.5, 0.6) is 5.75 Å². The SMILES string of the molecule is C(=Nc1ccc(OCNc2ccccc2)cc1)c1cccc2ccccc12. The fourth-order valence-corrected chi connectivity index (χ4v) is 2.89. The molecule has 0 aromatic heterocycles. The molecule has 0 unspecified atom stereocenters. The number of hydrogen-bond acceptors (Lipinski definition) is 3. The third-order valence-corrected chi connectivity index (χ3v) is 4.30. The lowest BCUT2D eigenvalue weighted by molar-refractivity contribution is 0.347. The summed E-state index contributed by atoms with van der Waals surface area (Å²) < 4.78 is 5.72. The molecule has 1 N–H and O–H groups in total. The van der Waals surface area contributed by atoms with Gasteiger partial charge in [0.25, 0.3) is 0 Å². The van der Waals surface area contributed by atoms with E-state index in [0.29, 0.717) is 6.73 Å². The molecule has 132 valence electrons. The normalized spacial score (nSPS) is 11.0. The van der Waals surface area contributed by atoms with Crippen LogP contribution in [0, 0.1) is 0 Å². The lowest BCUT2D eigenvalue weighted by Crippen LogP contribution is -2.08. The quantitative estimate of drug-likeness (QED) is 0.339. The molecule has 0 fully saturated rings. The Morgan fingerprint density at radius 1 is 0.741 bits per heavy atom. The highest BCUT2D eigenvalue weighted by molar-refractivity contribution is 6.00. The van der Waals surface area contributed by atoms with Crippen LogP contribution in [0.25, 0.3) is 10.8 Å². The number of ether oxygens (including phenoxy) is 1. The zero-order valence-corrected chi connectivity index (χ0v) is 14.9. The number of benzene rings is 4. The maximum atomic E-state index is 5.72. The molecule has 0 heterocycles. The van der Waals surface area contributed by atoms with Gasteiger partial charge in [0.05, 0.1) is 5.69 Å². The average Bonchev–Trinajstić information content (AvgIpc) is 2.74. The number of fused-ring (bicyclic) bond motifs is 1. The number of aliphatic imine (C=N–C) groups is 1. The van der Waals surface area contributed by atoms with Gasteiger partial charge in [-0.25, -0.2) is 0 Å². The maximum Gasteiger partial charge on any atom is 0.159 e. The Bertz CT molecular complexity index is 1040. The van der Waals surface area contributed by atoms with E-state index in [2.05, 4.69) is 52.8 Å². The number of nitrogens with zero attached hydrogens (tertiary/aromatic N) is 1. The summed E-state index contributed by atoms with van der Waals surface area (Å²) in [7, 11) is 0. The first-order chi connectivity index (χ1) is 13.4. The van der Waals surface area contributed by atoms with Gasteiger partial charge in [-0.15, -0.1) is 0 Å². The first-order valence-corrected chi connectivity index (χ1v) is 8.92. The van der Waals surface area contributed by atoms with Gasteiger partial charge in [0, 0.05) is 17.5 Å². The summed E-state index contributed by atoms with van der Waals surface area (Å²) in [6, 6.07) is 32.4. The summed E-state index contributed by atoms with van der Waals surface area (Å²) in [5.41, 5.74) is 3.04. The van der Waals surface area contributed by atoms with E-state index in [9.17, 15) is 0 Å². The van der Waals surface area contributed by atoms with Crippen molar-refractivity contribution in [2.75, 3.05) is 12.0 Å². The van der Waals surface area contributed by atoms with Crippen LogP contribution in [-0.2, 0) is 0 Å². The van der Waals surface area contributed by atoms with Crippen molar-refractivity contribution < 1.29 is 4.74 Å². The molecule has 27 heavy (non-hydrogen) atoms. The zero-order chi connectivity index (χ0) is 18.3. The molecule has 0 aliphatic rings. The van der Waals surface area contributed by atoms with Crippen LogP contribution in [0.4, 0.5) is 11.4 Å². The van der Waals surface area contributed by atoms with Crippen LogP contribution in [0.15, 0.2) is 102 Å². The Morgan fingerprint density at radius 2 is 1.48 bits per heavy atom. The Labute approximate surface area is 159 Å². The van der Waals surface area contributed by atoms with Gasteiger partial charge in [0.2, 0.25) is 0 Å². The third-order valence-electron chi connectivity index (χ3n) is 4.30. The van der Waals surface area contributed by atoms with E-state index in [0.717, 1.165) is 22.7 Å². The fraction of sp³-hybridized carbons (Fsp3) is 0.0417. The second-order valence-corrected chi connectivity index (χ2v) is 6.15. The van der Waals surface area contributed by atoms with Gasteiger partial charge in [-0.2, -0.15) is 0 Å². The molecule has 0 aliphatic heterocycles. The van der Waals surface area contributed by atoms with Crippen LogP contribution >= 0.6 is 0 Å². The molecule has 0 saturated heterocycles. The molecule has 0 amide bonds. The van der Waals surface area contributed by atoms with E-state index in [4.69, 9.17) is 4.74 Å². The topological polar surface area (TPSA) is 33.6 Å². The highest BCUT2D eigenvalue weighted by Gasteiger charge is 1.98. The van der Waals surface area contributed by atoms with Crippen LogP contribution in [-0.4, -0.2) is 12.9 Å². The van der Waals surface area contributed by atoms with Crippen molar-refractivity contribution in [1.29, 1.82) is 0 Å². The first-order valence-electron chi connectivity index (χ1n) is 8.92. The number of rotatable bonds is 6.